The minimum Gasteiger partial charge on any atom is -0.478 e. The first-order valence-corrected chi connectivity index (χ1v) is 13.4. The Balaban J connectivity index is 1.39. The molecule has 5 aromatic rings. The SMILES string of the molecule is O=C(O)c1ccc2c(c1)nc(-c1cccc(C(=O)Nc3nc4ccccc4s3)c1)n2C1CCCCCC1. The Bertz CT molecular complexity index is 1600. The number of aromatic carboxylic acids is 1. The van der Waals surface area contributed by atoms with E-state index in [4.69, 9.17) is 4.98 Å². The molecule has 0 saturated heterocycles. The molecule has 0 aliphatic heterocycles. The Morgan fingerprint density at radius 1 is 0.865 bits per heavy atom. The van der Waals surface area contributed by atoms with Gasteiger partial charge in [0, 0.05) is 17.2 Å². The number of carboxylic acid groups (broad SMARTS) is 1. The zero-order valence-corrected chi connectivity index (χ0v) is 21.0. The zero-order chi connectivity index (χ0) is 25.4. The molecule has 1 aliphatic rings. The maximum atomic E-state index is 13.2. The molecule has 2 N–H and O–H groups in total. The molecule has 6 rings (SSSR count). The van der Waals surface area contributed by atoms with Gasteiger partial charge < -0.3 is 9.67 Å². The van der Waals surface area contributed by atoms with Crippen LogP contribution in [-0.4, -0.2) is 31.5 Å². The van der Waals surface area contributed by atoms with Crippen LogP contribution < -0.4 is 5.32 Å². The first-order chi connectivity index (χ1) is 18.1. The summed E-state index contributed by atoms with van der Waals surface area (Å²) in [5.41, 5.74) is 4.00. The molecular formula is C29H26N4O3S. The van der Waals surface area contributed by atoms with Crippen molar-refractivity contribution in [2.45, 2.75) is 44.6 Å². The average molecular weight is 511 g/mol. The second-order valence-electron chi connectivity index (χ2n) is 9.48. The number of carbonyl (C=O) groups excluding carboxylic acids is 1. The molecule has 0 bridgehead atoms. The number of hydrogen-bond donors (Lipinski definition) is 2. The Morgan fingerprint density at radius 2 is 1.68 bits per heavy atom. The fourth-order valence-corrected chi connectivity index (χ4v) is 6.08. The number of carbonyl (C=O) groups is 2. The van der Waals surface area contributed by atoms with Crippen molar-refractivity contribution in [1.29, 1.82) is 0 Å². The summed E-state index contributed by atoms with van der Waals surface area (Å²) in [6, 6.07) is 20.7. The topological polar surface area (TPSA) is 97.1 Å². The number of fused-ring (bicyclic) bond motifs is 2. The predicted octanol–water partition coefficient (Wildman–Crippen LogP) is 7.16. The van der Waals surface area contributed by atoms with Gasteiger partial charge >= 0.3 is 5.97 Å². The van der Waals surface area contributed by atoms with Gasteiger partial charge in [-0.05, 0) is 55.3 Å². The van der Waals surface area contributed by atoms with E-state index < -0.39 is 5.97 Å². The van der Waals surface area contributed by atoms with E-state index in [0.717, 1.165) is 52.8 Å². The Hall–Kier alpha value is -4.04. The molecule has 7 nitrogen and oxygen atoms in total. The smallest absolute Gasteiger partial charge is 0.335 e. The molecule has 1 fully saturated rings. The first-order valence-electron chi connectivity index (χ1n) is 12.6. The molecule has 0 unspecified atom stereocenters. The number of amides is 1. The van der Waals surface area contributed by atoms with Crippen LogP contribution in [0.2, 0.25) is 0 Å². The van der Waals surface area contributed by atoms with Gasteiger partial charge in [0.25, 0.3) is 5.91 Å². The molecule has 0 spiro atoms. The molecule has 8 heteroatoms. The van der Waals surface area contributed by atoms with Crippen molar-refractivity contribution in [3.63, 3.8) is 0 Å². The van der Waals surface area contributed by atoms with Crippen molar-refractivity contribution in [1.82, 2.24) is 14.5 Å². The van der Waals surface area contributed by atoms with Crippen molar-refractivity contribution < 1.29 is 14.7 Å². The van der Waals surface area contributed by atoms with Gasteiger partial charge in [-0.3, -0.25) is 10.1 Å². The third-order valence-corrected chi connectivity index (χ3v) is 7.98. The number of aromatic nitrogens is 3. The summed E-state index contributed by atoms with van der Waals surface area (Å²) in [5, 5.41) is 13.0. The van der Waals surface area contributed by atoms with Crippen molar-refractivity contribution >= 4 is 49.6 Å². The summed E-state index contributed by atoms with van der Waals surface area (Å²) in [7, 11) is 0. The quantitative estimate of drug-likeness (QED) is 0.245. The third-order valence-electron chi connectivity index (χ3n) is 7.02. The molecule has 2 heterocycles. The van der Waals surface area contributed by atoms with Crippen molar-refractivity contribution in [2.75, 3.05) is 5.32 Å². The fraction of sp³-hybridized carbons (Fsp3) is 0.241. The number of benzene rings is 3. The number of nitrogens with one attached hydrogen (secondary N) is 1. The Morgan fingerprint density at radius 3 is 2.46 bits per heavy atom. The minimum absolute atomic E-state index is 0.216. The molecule has 37 heavy (non-hydrogen) atoms. The van der Waals surface area contributed by atoms with Crippen LogP contribution in [0.5, 0.6) is 0 Å². The summed E-state index contributed by atoms with van der Waals surface area (Å²) in [4.78, 5) is 34.2. The van der Waals surface area contributed by atoms with Crippen LogP contribution in [-0.2, 0) is 0 Å². The summed E-state index contributed by atoms with van der Waals surface area (Å²) in [6.45, 7) is 0. The molecule has 0 radical (unpaired) electrons. The van der Waals surface area contributed by atoms with E-state index >= 15 is 0 Å². The summed E-state index contributed by atoms with van der Waals surface area (Å²) in [6.07, 6.45) is 6.86. The fourth-order valence-electron chi connectivity index (χ4n) is 5.22. The van der Waals surface area contributed by atoms with Crippen LogP contribution in [0.4, 0.5) is 5.13 Å². The third kappa shape index (κ3) is 4.60. The van der Waals surface area contributed by atoms with Crippen LogP contribution in [0.3, 0.4) is 0 Å². The Kier molecular flexibility index (Phi) is 6.18. The largest absolute Gasteiger partial charge is 0.478 e. The number of imidazole rings is 1. The molecule has 3 aromatic carbocycles. The lowest BCUT2D eigenvalue weighted by Crippen LogP contribution is -2.12. The van der Waals surface area contributed by atoms with Gasteiger partial charge in [-0.2, -0.15) is 0 Å². The minimum atomic E-state index is -0.971. The average Bonchev–Trinajstić information content (AvgIpc) is 3.39. The lowest BCUT2D eigenvalue weighted by atomic mass is 10.1. The number of carboxylic acids is 1. The van der Waals surface area contributed by atoms with Crippen LogP contribution in [0.25, 0.3) is 32.6 Å². The maximum absolute atomic E-state index is 13.2. The van der Waals surface area contributed by atoms with Crippen LogP contribution in [0, 0.1) is 0 Å². The summed E-state index contributed by atoms with van der Waals surface area (Å²) < 4.78 is 3.28. The molecule has 1 aliphatic carbocycles. The van der Waals surface area contributed by atoms with Crippen molar-refractivity contribution in [3.05, 3.63) is 77.9 Å². The highest BCUT2D eigenvalue weighted by Crippen LogP contribution is 2.36. The number of rotatable bonds is 5. The maximum Gasteiger partial charge on any atom is 0.335 e. The summed E-state index contributed by atoms with van der Waals surface area (Å²) in [5.74, 6) is -0.439. The molecule has 2 aromatic heterocycles. The zero-order valence-electron chi connectivity index (χ0n) is 20.2. The van der Waals surface area contributed by atoms with Crippen LogP contribution in [0.1, 0.15) is 65.3 Å². The highest BCUT2D eigenvalue weighted by Gasteiger charge is 2.23. The number of nitrogens with zero attached hydrogens (tertiary/aromatic N) is 3. The van der Waals surface area contributed by atoms with E-state index in [2.05, 4.69) is 14.9 Å². The van der Waals surface area contributed by atoms with E-state index in [1.165, 1.54) is 24.2 Å². The van der Waals surface area contributed by atoms with Gasteiger partial charge in [-0.15, -0.1) is 0 Å². The van der Waals surface area contributed by atoms with E-state index in [-0.39, 0.29) is 17.5 Å². The molecule has 0 atom stereocenters. The normalized spacial score (nSPS) is 14.6. The van der Waals surface area contributed by atoms with Gasteiger partial charge in [0.15, 0.2) is 5.13 Å². The van der Waals surface area contributed by atoms with Crippen molar-refractivity contribution in [2.24, 2.45) is 0 Å². The highest BCUT2D eigenvalue weighted by atomic mass is 32.1. The van der Waals surface area contributed by atoms with Gasteiger partial charge in [-0.25, -0.2) is 14.8 Å². The second kappa shape index (κ2) is 9.78. The number of anilines is 1. The van der Waals surface area contributed by atoms with Crippen LogP contribution in [0.15, 0.2) is 66.7 Å². The van der Waals surface area contributed by atoms with Gasteiger partial charge in [0.1, 0.15) is 5.82 Å². The van der Waals surface area contributed by atoms with Crippen molar-refractivity contribution in [3.8, 4) is 11.4 Å². The molecule has 186 valence electrons. The van der Waals surface area contributed by atoms with Gasteiger partial charge in [-0.1, -0.05) is 61.3 Å². The number of hydrogen-bond acceptors (Lipinski definition) is 5. The summed E-state index contributed by atoms with van der Waals surface area (Å²) >= 11 is 1.44. The highest BCUT2D eigenvalue weighted by molar-refractivity contribution is 7.22. The lowest BCUT2D eigenvalue weighted by molar-refractivity contribution is 0.0696. The molecular weight excluding hydrogens is 484 g/mol. The van der Waals surface area contributed by atoms with E-state index in [0.29, 0.717) is 16.2 Å². The van der Waals surface area contributed by atoms with E-state index in [1.807, 2.05) is 48.5 Å². The lowest BCUT2D eigenvalue weighted by Gasteiger charge is -2.20. The van der Waals surface area contributed by atoms with E-state index in [1.54, 1.807) is 18.2 Å². The predicted molar refractivity (Wildman–Crippen MR) is 146 cm³/mol. The molecule has 1 saturated carbocycles. The van der Waals surface area contributed by atoms with Crippen LogP contribution >= 0.6 is 11.3 Å². The standard InChI is InChI=1S/C29H26N4O3S/c34-27(32-29-31-22-12-5-6-13-25(22)37-29)19-9-7-8-18(16-19)26-30-23-17-20(28(35)36)14-15-24(23)33(26)21-10-3-1-2-4-11-21/h5-9,12-17,21H,1-4,10-11H2,(H,35,36)(H,31,32,34). The van der Waals surface area contributed by atoms with Gasteiger partial charge in [0.2, 0.25) is 0 Å². The second-order valence-corrected chi connectivity index (χ2v) is 10.5. The first kappa shape index (κ1) is 23.4. The number of para-hydroxylation sites is 1. The molecule has 1 amide bonds. The van der Waals surface area contributed by atoms with E-state index in [9.17, 15) is 14.7 Å². The Labute approximate surface area is 217 Å². The van der Waals surface area contributed by atoms with Gasteiger partial charge in [0.05, 0.1) is 26.8 Å². The number of thiazole rings is 1. The monoisotopic (exact) mass is 510 g/mol.